The number of rotatable bonds is 2. The van der Waals surface area contributed by atoms with Crippen LogP contribution in [0, 0.1) is 0 Å². The first-order valence-electron chi connectivity index (χ1n) is 9.32. The van der Waals surface area contributed by atoms with Crippen LogP contribution < -0.4 is 10.4 Å². The molecule has 2 aliphatic rings. The molecule has 1 saturated heterocycles. The van der Waals surface area contributed by atoms with Gasteiger partial charge >= 0.3 is 5.63 Å². The van der Waals surface area contributed by atoms with Crippen LogP contribution in [0.2, 0.25) is 5.02 Å². The highest BCUT2D eigenvalue weighted by molar-refractivity contribution is 7.91. The first-order valence-corrected chi connectivity index (χ1v) is 11.5. The van der Waals surface area contributed by atoms with E-state index in [0.29, 0.717) is 41.6 Å². The lowest BCUT2D eigenvalue weighted by molar-refractivity contribution is 0.0649. The molecule has 0 amide bonds. The fourth-order valence-electron chi connectivity index (χ4n) is 4.04. The fraction of sp³-hybridized carbons (Fsp3) is 0.286. The van der Waals surface area contributed by atoms with Crippen LogP contribution in [-0.4, -0.2) is 37.6 Å². The Morgan fingerprint density at radius 1 is 1.10 bits per heavy atom. The van der Waals surface area contributed by atoms with Gasteiger partial charge < -0.3 is 9.15 Å². The second kappa shape index (κ2) is 6.86. The van der Waals surface area contributed by atoms with Crippen molar-refractivity contribution in [2.75, 3.05) is 18.2 Å². The van der Waals surface area contributed by atoms with Gasteiger partial charge in [-0.25, -0.2) is 13.2 Å². The second-order valence-corrected chi connectivity index (χ2v) is 10.2. The van der Waals surface area contributed by atoms with E-state index in [1.165, 1.54) is 0 Å². The Labute approximate surface area is 172 Å². The van der Waals surface area contributed by atoms with Crippen LogP contribution in [0.5, 0.6) is 5.75 Å². The van der Waals surface area contributed by atoms with E-state index in [4.69, 9.17) is 20.8 Å². The zero-order valence-corrected chi connectivity index (χ0v) is 17.0. The van der Waals surface area contributed by atoms with Crippen molar-refractivity contribution in [3.05, 3.63) is 63.5 Å². The standard InChI is InChI=1S/C21H18ClNO5S/c22-15-4-1-13(2-5-15)17-9-14-3-6-19-18(20(14)28-21(17)24)10-23(12-27-19)16-7-8-29(25,26)11-16/h1-6,9,16H,7-8,10-12H2/t16-/m0/s1. The van der Waals surface area contributed by atoms with Gasteiger partial charge in [0.05, 0.1) is 22.6 Å². The average Bonchev–Trinajstić information content (AvgIpc) is 3.07. The molecule has 2 aromatic carbocycles. The highest BCUT2D eigenvalue weighted by atomic mass is 35.5. The Morgan fingerprint density at radius 3 is 2.62 bits per heavy atom. The van der Waals surface area contributed by atoms with Gasteiger partial charge in [0.25, 0.3) is 0 Å². The van der Waals surface area contributed by atoms with Gasteiger partial charge in [-0.05, 0) is 42.3 Å². The number of fused-ring (bicyclic) bond motifs is 3. The van der Waals surface area contributed by atoms with E-state index < -0.39 is 15.5 Å². The molecule has 0 spiro atoms. The van der Waals surface area contributed by atoms with Crippen LogP contribution in [-0.2, 0) is 16.4 Å². The molecule has 6 nitrogen and oxygen atoms in total. The lowest BCUT2D eigenvalue weighted by Gasteiger charge is -2.33. The minimum atomic E-state index is -2.99. The van der Waals surface area contributed by atoms with Crippen LogP contribution in [0.15, 0.2) is 51.7 Å². The predicted octanol–water partition coefficient (Wildman–Crippen LogP) is 3.45. The number of ether oxygens (including phenoxy) is 1. The van der Waals surface area contributed by atoms with E-state index in [-0.39, 0.29) is 17.5 Å². The van der Waals surface area contributed by atoms with Crippen molar-refractivity contribution < 1.29 is 17.6 Å². The summed E-state index contributed by atoms with van der Waals surface area (Å²) in [5, 5.41) is 1.39. The molecule has 1 aromatic heterocycles. The smallest absolute Gasteiger partial charge is 0.344 e. The monoisotopic (exact) mass is 431 g/mol. The van der Waals surface area contributed by atoms with E-state index >= 15 is 0 Å². The summed E-state index contributed by atoms with van der Waals surface area (Å²) >= 11 is 5.94. The minimum absolute atomic E-state index is 0.0801. The van der Waals surface area contributed by atoms with Crippen molar-refractivity contribution in [3.8, 4) is 16.9 Å². The summed E-state index contributed by atoms with van der Waals surface area (Å²) in [6, 6.07) is 12.5. The molecule has 29 heavy (non-hydrogen) atoms. The van der Waals surface area contributed by atoms with Gasteiger partial charge in [-0.3, -0.25) is 4.90 Å². The van der Waals surface area contributed by atoms with Gasteiger partial charge in [-0.15, -0.1) is 0 Å². The predicted molar refractivity (Wildman–Crippen MR) is 111 cm³/mol. The summed E-state index contributed by atoms with van der Waals surface area (Å²) in [7, 11) is -2.99. The molecule has 3 heterocycles. The molecular formula is C21H18ClNO5S. The molecule has 5 rings (SSSR count). The molecule has 150 valence electrons. The molecule has 0 unspecified atom stereocenters. The first kappa shape index (κ1) is 18.7. The fourth-order valence-corrected chi connectivity index (χ4v) is 5.93. The third kappa shape index (κ3) is 3.43. The quantitative estimate of drug-likeness (QED) is 0.578. The minimum Gasteiger partial charge on any atom is -0.478 e. The normalized spacial score (nSPS) is 21.1. The van der Waals surface area contributed by atoms with Gasteiger partial charge in [0.2, 0.25) is 0 Å². The zero-order valence-electron chi connectivity index (χ0n) is 15.4. The summed E-state index contributed by atoms with van der Waals surface area (Å²) in [6.07, 6.45) is 0.594. The molecule has 8 heteroatoms. The summed E-state index contributed by atoms with van der Waals surface area (Å²) in [5.74, 6) is 1.01. The van der Waals surface area contributed by atoms with Crippen LogP contribution in [0.25, 0.3) is 22.1 Å². The Bertz CT molecular complexity index is 1270. The molecule has 0 bridgehead atoms. The molecule has 3 aromatic rings. The van der Waals surface area contributed by atoms with Crippen molar-refractivity contribution in [1.82, 2.24) is 4.90 Å². The molecule has 0 aliphatic carbocycles. The number of halogens is 1. The van der Waals surface area contributed by atoms with Crippen molar-refractivity contribution in [3.63, 3.8) is 0 Å². The number of hydrogen-bond donors (Lipinski definition) is 0. The highest BCUT2D eigenvalue weighted by Gasteiger charge is 2.35. The van der Waals surface area contributed by atoms with E-state index in [0.717, 1.165) is 16.5 Å². The van der Waals surface area contributed by atoms with Gasteiger partial charge in [-0.1, -0.05) is 23.7 Å². The number of sulfone groups is 1. The Balaban J connectivity index is 1.55. The molecule has 1 fully saturated rings. The van der Waals surface area contributed by atoms with Crippen LogP contribution in [0.1, 0.15) is 12.0 Å². The molecule has 0 saturated carbocycles. The highest BCUT2D eigenvalue weighted by Crippen LogP contribution is 2.35. The summed E-state index contributed by atoms with van der Waals surface area (Å²) in [5.41, 5.74) is 2.02. The summed E-state index contributed by atoms with van der Waals surface area (Å²) < 4.78 is 35.2. The first-order chi connectivity index (χ1) is 13.9. The van der Waals surface area contributed by atoms with E-state index in [9.17, 15) is 13.2 Å². The number of hydrogen-bond acceptors (Lipinski definition) is 6. The maximum atomic E-state index is 12.7. The van der Waals surface area contributed by atoms with Gasteiger partial charge in [0, 0.05) is 23.0 Å². The number of benzene rings is 2. The Kier molecular flexibility index (Phi) is 4.42. The Morgan fingerprint density at radius 2 is 1.90 bits per heavy atom. The lowest BCUT2D eigenvalue weighted by Crippen LogP contribution is -2.41. The van der Waals surface area contributed by atoms with Gasteiger partial charge in [-0.2, -0.15) is 0 Å². The van der Waals surface area contributed by atoms with E-state index in [1.54, 1.807) is 24.3 Å². The van der Waals surface area contributed by atoms with Crippen LogP contribution in [0.3, 0.4) is 0 Å². The molecule has 0 N–H and O–H groups in total. The third-order valence-electron chi connectivity index (χ3n) is 5.59. The van der Waals surface area contributed by atoms with E-state index in [1.807, 2.05) is 23.1 Å². The van der Waals surface area contributed by atoms with Crippen molar-refractivity contribution in [1.29, 1.82) is 0 Å². The molecular weight excluding hydrogens is 414 g/mol. The van der Waals surface area contributed by atoms with E-state index in [2.05, 4.69) is 0 Å². The van der Waals surface area contributed by atoms with Crippen molar-refractivity contribution in [2.45, 2.75) is 19.0 Å². The maximum absolute atomic E-state index is 12.7. The topological polar surface area (TPSA) is 76.8 Å². The van der Waals surface area contributed by atoms with Crippen LogP contribution in [0.4, 0.5) is 0 Å². The average molecular weight is 432 g/mol. The summed E-state index contributed by atoms with van der Waals surface area (Å²) in [6.45, 7) is 0.807. The van der Waals surface area contributed by atoms with Crippen molar-refractivity contribution in [2.24, 2.45) is 0 Å². The summed E-state index contributed by atoms with van der Waals surface area (Å²) in [4.78, 5) is 14.7. The second-order valence-electron chi connectivity index (χ2n) is 7.49. The Hall–Kier alpha value is -2.35. The number of nitrogens with zero attached hydrogens (tertiary/aromatic N) is 1. The van der Waals surface area contributed by atoms with Crippen molar-refractivity contribution >= 4 is 32.4 Å². The third-order valence-corrected chi connectivity index (χ3v) is 7.59. The molecule has 0 radical (unpaired) electrons. The molecule has 1 atom stereocenters. The lowest BCUT2D eigenvalue weighted by atomic mass is 10.0. The maximum Gasteiger partial charge on any atom is 0.344 e. The van der Waals surface area contributed by atoms with Gasteiger partial charge in [0.1, 0.15) is 18.1 Å². The van der Waals surface area contributed by atoms with Crippen LogP contribution >= 0.6 is 11.6 Å². The SMILES string of the molecule is O=c1oc2c3c(ccc2cc1-c1ccc(Cl)cc1)OCN([C@H]1CCS(=O)(=O)C1)C3. The molecule has 2 aliphatic heterocycles. The van der Waals surface area contributed by atoms with Gasteiger partial charge in [0.15, 0.2) is 9.84 Å². The largest absolute Gasteiger partial charge is 0.478 e. The zero-order chi connectivity index (χ0) is 20.2.